The van der Waals surface area contributed by atoms with Gasteiger partial charge in [-0.2, -0.15) is 0 Å². The SMILES string of the molecule is Cn1c(SCCCOc2ccc(S(=O)(=O)C3(C(=O)NO)CCOCC3)cc2)cc2ccccc21. The number of aryl methyl sites for hydroxylation is 1. The van der Waals surface area contributed by atoms with Gasteiger partial charge in [-0.05, 0) is 55.7 Å². The van der Waals surface area contributed by atoms with Crippen LogP contribution in [0.3, 0.4) is 0 Å². The van der Waals surface area contributed by atoms with Crippen LogP contribution in [0.5, 0.6) is 5.75 Å². The third kappa shape index (κ3) is 4.68. The lowest BCUT2D eigenvalue weighted by atomic mass is 9.98. The maximum Gasteiger partial charge on any atom is 0.265 e. The fraction of sp³-hybridized carbons (Fsp3) is 0.375. The monoisotopic (exact) mass is 504 g/mol. The summed E-state index contributed by atoms with van der Waals surface area (Å²) in [5.74, 6) is 0.512. The average molecular weight is 505 g/mol. The van der Waals surface area contributed by atoms with E-state index in [0.717, 1.165) is 12.2 Å². The van der Waals surface area contributed by atoms with E-state index in [1.54, 1.807) is 23.9 Å². The summed E-state index contributed by atoms with van der Waals surface area (Å²) >= 11 is 1.77. The molecule has 0 aliphatic carbocycles. The smallest absolute Gasteiger partial charge is 0.265 e. The van der Waals surface area contributed by atoms with E-state index in [-0.39, 0.29) is 31.0 Å². The number of fused-ring (bicyclic) bond motifs is 1. The molecule has 4 rings (SSSR count). The van der Waals surface area contributed by atoms with Crippen molar-refractivity contribution < 1.29 is 27.9 Å². The Morgan fingerprint density at radius 2 is 1.88 bits per heavy atom. The number of para-hydroxylation sites is 1. The number of ether oxygens (including phenoxy) is 2. The Morgan fingerprint density at radius 3 is 2.56 bits per heavy atom. The Hall–Kier alpha value is -2.53. The van der Waals surface area contributed by atoms with E-state index in [0.29, 0.717) is 12.4 Å². The third-order valence-corrected chi connectivity index (χ3v) is 9.87. The molecule has 3 aromatic rings. The zero-order valence-corrected chi connectivity index (χ0v) is 20.5. The number of aromatic nitrogens is 1. The van der Waals surface area contributed by atoms with Gasteiger partial charge >= 0.3 is 0 Å². The van der Waals surface area contributed by atoms with E-state index in [1.807, 2.05) is 12.1 Å². The molecule has 0 radical (unpaired) electrons. The van der Waals surface area contributed by atoms with Gasteiger partial charge in [-0.25, -0.2) is 13.9 Å². The predicted molar refractivity (Wildman–Crippen MR) is 130 cm³/mol. The summed E-state index contributed by atoms with van der Waals surface area (Å²) in [6.07, 6.45) is 0.786. The summed E-state index contributed by atoms with van der Waals surface area (Å²) in [7, 11) is -1.98. The minimum atomic E-state index is -4.04. The van der Waals surface area contributed by atoms with E-state index in [9.17, 15) is 13.2 Å². The second-order valence-corrected chi connectivity index (χ2v) is 11.5. The molecule has 2 heterocycles. The Balaban J connectivity index is 1.33. The molecule has 1 amide bonds. The normalized spacial score (nSPS) is 15.8. The van der Waals surface area contributed by atoms with Crippen LogP contribution in [0.15, 0.2) is 64.5 Å². The van der Waals surface area contributed by atoms with Gasteiger partial charge in [0.05, 0.1) is 16.5 Å². The predicted octanol–water partition coefficient (Wildman–Crippen LogP) is 3.57. The third-order valence-electron chi connectivity index (χ3n) is 6.18. The molecule has 0 unspecified atom stereocenters. The second kappa shape index (κ2) is 10.4. The first kappa shape index (κ1) is 24.6. The van der Waals surface area contributed by atoms with Crippen LogP contribution < -0.4 is 10.2 Å². The lowest BCUT2D eigenvalue weighted by Gasteiger charge is -2.34. The van der Waals surface area contributed by atoms with Crippen LogP contribution in [-0.2, 0) is 26.4 Å². The van der Waals surface area contributed by atoms with Crippen molar-refractivity contribution in [3.8, 4) is 5.75 Å². The first-order chi connectivity index (χ1) is 16.4. The summed E-state index contributed by atoms with van der Waals surface area (Å²) in [4.78, 5) is 12.3. The van der Waals surface area contributed by atoms with Gasteiger partial charge in [0.25, 0.3) is 5.91 Å². The van der Waals surface area contributed by atoms with Crippen molar-refractivity contribution in [1.29, 1.82) is 0 Å². The number of carbonyl (C=O) groups excluding carboxylic acids is 1. The molecule has 0 bridgehead atoms. The average Bonchev–Trinajstić information content (AvgIpc) is 3.19. The molecule has 34 heavy (non-hydrogen) atoms. The van der Waals surface area contributed by atoms with Gasteiger partial charge < -0.3 is 14.0 Å². The molecule has 1 aliphatic heterocycles. The highest BCUT2D eigenvalue weighted by atomic mass is 32.2. The zero-order chi connectivity index (χ0) is 24.2. The van der Waals surface area contributed by atoms with Crippen molar-refractivity contribution in [3.05, 3.63) is 54.6 Å². The Bertz CT molecular complexity index is 1250. The van der Waals surface area contributed by atoms with Crippen molar-refractivity contribution in [2.24, 2.45) is 7.05 Å². The fourth-order valence-corrected chi connectivity index (χ4v) is 7.10. The molecule has 8 nitrogen and oxygen atoms in total. The molecule has 2 N–H and O–H groups in total. The fourth-order valence-electron chi connectivity index (χ4n) is 4.19. The summed E-state index contributed by atoms with van der Waals surface area (Å²) < 4.78 is 38.0. The van der Waals surface area contributed by atoms with Gasteiger partial charge in [0.1, 0.15) is 5.75 Å². The Kier molecular flexibility index (Phi) is 7.51. The van der Waals surface area contributed by atoms with Crippen LogP contribution in [0, 0.1) is 0 Å². The van der Waals surface area contributed by atoms with Gasteiger partial charge in [-0.1, -0.05) is 18.2 Å². The van der Waals surface area contributed by atoms with Gasteiger partial charge in [0.15, 0.2) is 14.6 Å². The van der Waals surface area contributed by atoms with Gasteiger partial charge in [-0.3, -0.25) is 10.0 Å². The van der Waals surface area contributed by atoms with Crippen molar-refractivity contribution >= 4 is 38.4 Å². The lowest BCUT2D eigenvalue weighted by Crippen LogP contribution is -2.54. The van der Waals surface area contributed by atoms with E-state index in [4.69, 9.17) is 14.7 Å². The number of rotatable bonds is 9. The van der Waals surface area contributed by atoms with Gasteiger partial charge in [0, 0.05) is 36.9 Å². The summed E-state index contributed by atoms with van der Waals surface area (Å²) in [6, 6.07) is 16.5. The first-order valence-electron chi connectivity index (χ1n) is 11.1. The van der Waals surface area contributed by atoms with Gasteiger partial charge in [0.2, 0.25) is 0 Å². The quantitative estimate of drug-likeness (QED) is 0.199. The van der Waals surface area contributed by atoms with E-state index in [2.05, 4.69) is 29.8 Å². The summed E-state index contributed by atoms with van der Waals surface area (Å²) in [5.41, 5.74) is 2.73. The number of nitrogens with zero attached hydrogens (tertiary/aromatic N) is 1. The molecule has 1 aliphatic rings. The molecule has 10 heteroatoms. The molecule has 0 atom stereocenters. The van der Waals surface area contributed by atoms with E-state index < -0.39 is 20.5 Å². The molecule has 0 spiro atoms. The first-order valence-corrected chi connectivity index (χ1v) is 13.5. The number of amides is 1. The largest absolute Gasteiger partial charge is 0.494 e. The number of nitrogens with one attached hydrogen (secondary N) is 1. The summed E-state index contributed by atoms with van der Waals surface area (Å²) in [5, 5.41) is 11.6. The van der Waals surface area contributed by atoms with Crippen LogP contribution in [-0.4, -0.2) is 54.4 Å². The molecule has 2 aromatic carbocycles. The molecule has 1 saturated heterocycles. The molecule has 0 saturated carbocycles. The van der Waals surface area contributed by atoms with Crippen molar-refractivity contribution in [2.45, 2.75) is 33.9 Å². The maximum absolute atomic E-state index is 13.3. The Labute approximate surface area is 203 Å². The highest BCUT2D eigenvalue weighted by Crippen LogP contribution is 2.36. The number of hydrogen-bond acceptors (Lipinski definition) is 7. The molecule has 1 aromatic heterocycles. The standard InChI is InChI=1S/C24H28N2O6S2/c1-26-21-6-3-2-5-18(21)17-22(26)33-16-4-13-32-19-7-9-20(10-8-19)34(29,30)24(23(27)25-28)11-14-31-15-12-24/h2-3,5-10,17,28H,4,11-16H2,1H3,(H,25,27). The lowest BCUT2D eigenvalue weighted by molar-refractivity contribution is -0.134. The van der Waals surface area contributed by atoms with E-state index in [1.165, 1.54) is 33.5 Å². The number of carbonyl (C=O) groups is 1. The number of benzene rings is 2. The molecule has 1 fully saturated rings. The minimum absolute atomic E-state index is 0.0108. The van der Waals surface area contributed by atoms with Crippen LogP contribution in [0.4, 0.5) is 0 Å². The molecule has 182 valence electrons. The Morgan fingerprint density at radius 1 is 1.18 bits per heavy atom. The maximum atomic E-state index is 13.3. The van der Waals surface area contributed by atoms with Crippen LogP contribution >= 0.6 is 11.8 Å². The second-order valence-electron chi connectivity index (χ2n) is 8.17. The highest BCUT2D eigenvalue weighted by molar-refractivity contribution is 7.99. The number of sulfone groups is 1. The van der Waals surface area contributed by atoms with Crippen LogP contribution in [0.2, 0.25) is 0 Å². The zero-order valence-electron chi connectivity index (χ0n) is 18.9. The number of thioether (sulfide) groups is 1. The van der Waals surface area contributed by atoms with Crippen molar-refractivity contribution in [1.82, 2.24) is 10.0 Å². The topological polar surface area (TPSA) is 107 Å². The molecular formula is C24H28N2O6S2. The van der Waals surface area contributed by atoms with Crippen LogP contribution in [0.1, 0.15) is 19.3 Å². The summed E-state index contributed by atoms with van der Waals surface area (Å²) in [6.45, 7) is 0.756. The highest BCUT2D eigenvalue weighted by Gasteiger charge is 2.52. The number of hydrogen-bond donors (Lipinski definition) is 2. The minimum Gasteiger partial charge on any atom is -0.494 e. The van der Waals surface area contributed by atoms with E-state index >= 15 is 0 Å². The van der Waals surface area contributed by atoms with Gasteiger partial charge in [-0.15, -0.1) is 11.8 Å². The van der Waals surface area contributed by atoms with Crippen molar-refractivity contribution in [2.75, 3.05) is 25.6 Å². The van der Waals surface area contributed by atoms with Crippen molar-refractivity contribution in [3.63, 3.8) is 0 Å². The van der Waals surface area contributed by atoms with Crippen LogP contribution in [0.25, 0.3) is 10.9 Å². The number of hydroxylamine groups is 1. The molecular weight excluding hydrogens is 476 g/mol.